The molecule has 256 valence electrons. The molecule has 0 heterocycles. The zero-order valence-electron chi connectivity index (χ0n) is 31.6. The van der Waals surface area contributed by atoms with E-state index < -0.39 is 0 Å². The lowest BCUT2D eigenvalue weighted by Crippen LogP contribution is -1.98. The molecule has 0 aliphatic heterocycles. The van der Waals surface area contributed by atoms with Crippen LogP contribution >= 0.6 is 0 Å². The van der Waals surface area contributed by atoms with Crippen LogP contribution in [0, 0.1) is 0 Å². The third-order valence-corrected chi connectivity index (χ3v) is 12.2. The predicted octanol–water partition coefficient (Wildman–Crippen LogP) is 14.8. The predicted molar refractivity (Wildman–Crippen MR) is 230 cm³/mol. The van der Waals surface area contributed by atoms with Crippen LogP contribution in [0.25, 0.3) is 86.9 Å². The minimum Gasteiger partial charge on any atom is -0.0616 e. The highest BCUT2D eigenvalue weighted by Crippen LogP contribution is 2.50. The molecule has 0 bridgehead atoms. The molecular weight excluding hydrogens is 625 g/mol. The Morgan fingerprint density at radius 1 is 0.288 bits per heavy atom. The van der Waals surface area contributed by atoms with E-state index in [1.807, 2.05) is 0 Å². The fraction of sp³-hybridized carbons (Fsp3) is 0.231. The van der Waals surface area contributed by atoms with Gasteiger partial charge in [-0.25, -0.2) is 0 Å². The molecule has 52 heavy (non-hydrogen) atoms. The second-order valence-corrected chi connectivity index (χ2v) is 14.8. The number of rotatable bonds is 8. The van der Waals surface area contributed by atoms with Crippen molar-refractivity contribution < 1.29 is 0 Å². The zero-order chi connectivity index (χ0) is 35.7. The maximum absolute atomic E-state index is 2.53. The van der Waals surface area contributed by atoms with Gasteiger partial charge in [-0.2, -0.15) is 0 Å². The summed E-state index contributed by atoms with van der Waals surface area (Å²) in [4.78, 5) is 0. The molecular formula is C52H48. The lowest BCUT2D eigenvalue weighted by Gasteiger charge is -2.23. The standard InChI is InChI=1S/C52H48/c1-7-31-25-33(9-3)45-26-32(8-2)28-47(46(45)27-31)49-40-17-13-15-19-42(40)50(43-20-16-14-18-41(43)49)48-30-36(12-6)39-22-21-37-34(10-4)29-35(11-5)38-23-24-44(48)52(39)51(37)38/h13-30H,7-12H2,1-6H3. The van der Waals surface area contributed by atoms with Gasteiger partial charge in [0.25, 0.3) is 0 Å². The van der Waals surface area contributed by atoms with Gasteiger partial charge in [0.2, 0.25) is 0 Å². The quantitative estimate of drug-likeness (QED) is 0.111. The molecule has 0 saturated heterocycles. The van der Waals surface area contributed by atoms with Gasteiger partial charge in [0.1, 0.15) is 0 Å². The molecule has 0 nitrogen and oxygen atoms in total. The van der Waals surface area contributed by atoms with Gasteiger partial charge in [-0.05, 0) is 165 Å². The Morgan fingerprint density at radius 2 is 0.673 bits per heavy atom. The number of hydrogen-bond acceptors (Lipinski definition) is 0. The Kier molecular flexibility index (Phi) is 8.04. The lowest BCUT2D eigenvalue weighted by molar-refractivity contribution is 1.10. The van der Waals surface area contributed by atoms with Crippen molar-refractivity contribution in [2.75, 3.05) is 0 Å². The van der Waals surface area contributed by atoms with Crippen LogP contribution in [-0.2, 0) is 38.5 Å². The van der Waals surface area contributed by atoms with Crippen molar-refractivity contribution in [3.63, 3.8) is 0 Å². The van der Waals surface area contributed by atoms with Crippen molar-refractivity contribution in [1.29, 1.82) is 0 Å². The molecule has 0 heteroatoms. The van der Waals surface area contributed by atoms with Crippen molar-refractivity contribution >= 4 is 64.6 Å². The first kappa shape index (κ1) is 32.7. The Hall–Kier alpha value is -5.20. The molecule has 0 aliphatic carbocycles. The van der Waals surface area contributed by atoms with E-state index in [-0.39, 0.29) is 0 Å². The molecule has 0 aliphatic rings. The molecule has 0 atom stereocenters. The van der Waals surface area contributed by atoms with E-state index in [1.165, 1.54) is 120 Å². The van der Waals surface area contributed by atoms with Crippen LogP contribution in [-0.4, -0.2) is 0 Å². The average Bonchev–Trinajstić information content (AvgIpc) is 3.20. The molecule has 9 aromatic rings. The maximum atomic E-state index is 2.53. The Labute approximate surface area is 308 Å². The van der Waals surface area contributed by atoms with Crippen molar-refractivity contribution in [1.82, 2.24) is 0 Å². The summed E-state index contributed by atoms with van der Waals surface area (Å²) in [6.45, 7) is 13.8. The second-order valence-electron chi connectivity index (χ2n) is 14.8. The lowest BCUT2D eigenvalue weighted by atomic mass is 9.80. The second kappa shape index (κ2) is 12.8. The fourth-order valence-electron chi connectivity index (χ4n) is 9.58. The van der Waals surface area contributed by atoms with E-state index in [9.17, 15) is 0 Å². The molecule has 0 unspecified atom stereocenters. The molecule has 0 saturated carbocycles. The minimum absolute atomic E-state index is 0.992. The van der Waals surface area contributed by atoms with Crippen LogP contribution in [0.5, 0.6) is 0 Å². The SMILES string of the molecule is CCc1cc(-c2c3ccccc3c(-c3cc(CC)c4ccc5c(CC)cc(CC)c6ccc3c4c56)c3ccccc23)c2cc(CC)cc(CC)c2c1. The summed E-state index contributed by atoms with van der Waals surface area (Å²) in [7, 11) is 0. The van der Waals surface area contributed by atoms with Gasteiger partial charge in [-0.1, -0.05) is 145 Å². The van der Waals surface area contributed by atoms with Crippen LogP contribution in [0.15, 0.2) is 109 Å². The van der Waals surface area contributed by atoms with Crippen molar-refractivity contribution in [2.24, 2.45) is 0 Å². The maximum Gasteiger partial charge on any atom is -0.00176 e. The molecule has 9 rings (SSSR count). The van der Waals surface area contributed by atoms with E-state index in [1.54, 1.807) is 0 Å². The van der Waals surface area contributed by atoms with E-state index in [0.29, 0.717) is 0 Å². The van der Waals surface area contributed by atoms with Crippen molar-refractivity contribution in [3.8, 4) is 22.3 Å². The topological polar surface area (TPSA) is 0 Å². The Balaban J connectivity index is 1.47. The third-order valence-electron chi connectivity index (χ3n) is 12.2. The summed E-state index contributed by atoms with van der Waals surface area (Å²) in [5.41, 5.74) is 14.0. The first-order chi connectivity index (χ1) is 25.5. The molecule has 0 N–H and O–H groups in total. The van der Waals surface area contributed by atoms with Crippen molar-refractivity contribution in [3.05, 3.63) is 143 Å². The van der Waals surface area contributed by atoms with Gasteiger partial charge < -0.3 is 0 Å². The molecule has 0 aromatic heterocycles. The van der Waals surface area contributed by atoms with E-state index in [4.69, 9.17) is 0 Å². The first-order valence-corrected chi connectivity index (χ1v) is 19.8. The molecule has 9 aromatic carbocycles. The fourth-order valence-corrected chi connectivity index (χ4v) is 9.58. The molecule has 0 fully saturated rings. The van der Waals surface area contributed by atoms with Gasteiger partial charge in [0.15, 0.2) is 0 Å². The van der Waals surface area contributed by atoms with Gasteiger partial charge >= 0.3 is 0 Å². The van der Waals surface area contributed by atoms with Crippen LogP contribution in [0.1, 0.15) is 74.9 Å². The van der Waals surface area contributed by atoms with Gasteiger partial charge in [0, 0.05) is 0 Å². The molecule has 0 spiro atoms. The van der Waals surface area contributed by atoms with Crippen LogP contribution < -0.4 is 0 Å². The average molecular weight is 673 g/mol. The summed E-state index contributed by atoms with van der Waals surface area (Å²) in [5, 5.41) is 16.6. The van der Waals surface area contributed by atoms with E-state index in [0.717, 1.165) is 38.5 Å². The smallest absolute Gasteiger partial charge is 0.00176 e. The summed E-state index contributed by atoms with van der Waals surface area (Å²) in [6.07, 6.45) is 6.15. The Bertz CT molecular complexity index is 2770. The van der Waals surface area contributed by atoms with E-state index >= 15 is 0 Å². The summed E-state index contributed by atoms with van der Waals surface area (Å²) in [5.74, 6) is 0. The molecule has 0 radical (unpaired) electrons. The zero-order valence-corrected chi connectivity index (χ0v) is 31.6. The van der Waals surface area contributed by atoms with Crippen LogP contribution in [0.3, 0.4) is 0 Å². The summed E-state index contributed by atoms with van der Waals surface area (Å²) >= 11 is 0. The highest BCUT2D eigenvalue weighted by Gasteiger charge is 2.23. The Morgan fingerprint density at radius 3 is 1.15 bits per heavy atom. The normalized spacial score (nSPS) is 12.1. The molecule has 0 amide bonds. The van der Waals surface area contributed by atoms with Crippen LogP contribution in [0.2, 0.25) is 0 Å². The first-order valence-electron chi connectivity index (χ1n) is 19.8. The summed E-state index contributed by atoms with van der Waals surface area (Å²) in [6, 6.07) is 43.1. The number of fused-ring (bicyclic) bond motifs is 3. The largest absolute Gasteiger partial charge is 0.0616 e. The monoisotopic (exact) mass is 672 g/mol. The summed E-state index contributed by atoms with van der Waals surface area (Å²) < 4.78 is 0. The number of hydrogen-bond donors (Lipinski definition) is 0. The van der Waals surface area contributed by atoms with E-state index in [2.05, 4.69) is 151 Å². The van der Waals surface area contributed by atoms with Crippen molar-refractivity contribution in [2.45, 2.75) is 80.1 Å². The highest BCUT2D eigenvalue weighted by atomic mass is 14.3. The van der Waals surface area contributed by atoms with Crippen LogP contribution in [0.4, 0.5) is 0 Å². The van der Waals surface area contributed by atoms with Gasteiger partial charge in [-0.3, -0.25) is 0 Å². The number of benzene rings is 9. The third kappa shape index (κ3) is 4.73. The minimum atomic E-state index is 0.992. The van der Waals surface area contributed by atoms with Gasteiger partial charge in [0.05, 0.1) is 0 Å². The van der Waals surface area contributed by atoms with Gasteiger partial charge in [-0.15, -0.1) is 0 Å². The highest BCUT2D eigenvalue weighted by molar-refractivity contribution is 6.31. The number of aryl methyl sites for hydroxylation is 6.